The summed E-state index contributed by atoms with van der Waals surface area (Å²) < 4.78 is 28.6. The lowest BCUT2D eigenvalue weighted by Crippen LogP contribution is -2.33. The highest BCUT2D eigenvalue weighted by Gasteiger charge is 2.29. The Kier molecular flexibility index (Phi) is 13.2. The van der Waals surface area contributed by atoms with Gasteiger partial charge in [-0.25, -0.2) is 8.42 Å². The molecule has 3 rings (SSSR count). The van der Waals surface area contributed by atoms with Gasteiger partial charge in [-0.1, -0.05) is 25.3 Å². The average Bonchev–Trinajstić information content (AvgIpc) is 2.78. The van der Waals surface area contributed by atoms with Crippen molar-refractivity contribution >= 4 is 34.7 Å². The third-order valence-electron chi connectivity index (χ3n) is 6.36. The van der Waals surface area contributed by atoms with Gasteiger partial charge in [0.25, 0.3) is 0 Å². The van der Waals surface area contributed by atoms with E-state index in [0.29, 0.717) is 23.7 Å². The number of nitrogens with two attached hydrogens (primary N) is 1. The summed E-state index contributed by atoms with van der Waals surface area (Å²) in [7, 11) is -3.18. The van der Waals surface area contributed by atoms with Crippen molar-refractivity contribution in [2.45, 2.75) is 61.8 Å². The summed E-state index contributed by atoms with van der Waals surface area (Å²) in [6, 6.07) is 10.1. The van der Waals surface area contributed by atoms with Crippen molar-refractivity contribution in [2.75, 3.05) is 26.0 Å². The largest absolute Gasteiger partial charge is 0.504 e. The number of unbranched alkanes of at least 4 members (excludes halogenated alkanes) is 3. The fourth-order valence-electron chi connectivity index (χ4n) is 4.48. The first-order valence-corrected chi connectivity index (χ1v) is 13.6. The van der Waals surface area contributed by atoms with Crippen molar-refractivity contribution < 1.29 is 23.4 Å². The minimum atomic E-state index is -3.18. The second-order valence-corrected chi connectivity index (χ2v) is 10.9. The van der Waals surface area contributed by atoms with Crippen molar-refractivity contribution in [3.8, 4) is 17.2 Å². The molecule has 2 atom stereocenters. The first kappa shape index (κ1) is 31.3. The molecule has 0 amide bonds. The molecule has 1 aliphatic carbocycles. The number of nitrogens with one attached hydrogen (secondary N) is 1. The van der Waals surface area contributed by atoms with Gasteiger partial charge in [-0.15, -0.1) is 24.8 Å². The van der Waals surface area contributed by atoms with E-state index in [2.05, 4.69) is 5.32 Å². The molecule has 0 heterocycles. The van der Waals surface area contributed by atoms with E-state index in [1.807, 2.05) is 6.07 Å². The number of halogens is 2. The molecular weight excluding hydrogens is 511 g/mol. The van der Waals surface area contributed by atoms with E-state index in [1.54, 1.807) is 30.3 Å². The molecule has 2 aromatic carbocycles. The van der Waals surface area contributed by atoms with Crippen LogP contribution in [0.4, 0.5) is 0 Å². The van der Waals surface area contributed by atoms with Gasteiger partial charge in [0.1, 0.15) is 12.4 Å². The van der Waals surface area contributed by atoms with Crippen LogP contribution in [0.2, 0.25) is 0 Å². The Balaban J connectivity index is 0.00000306. The zero-order valence-corrected chi connectivity index (χ0v) is 22.6. The van der Waals surface area contributed by atoms with E-state index in [4.69, 9.17) is 10.5 Å². The van der Waals surface area contributed by atoms with E-state index in [9.17, 15) is 18.6 Å². The molecular formula is C25H38Cl2N2O5S. The van der Waals surface area contributed by atoms with Crippen molar-refractivity contribution in [2.24, 2.45) is 5.73 Å². The molecule has 35 heavy (non-hydrogen) atoms. The summed E-state index contributed by atoms with van der Waals surface area (Å²) >= 11 is 0. The van der Waals surface area contributed by atoms with Gasteiger partial charge in [0, 0.05) is 24.4 Å². The number of ether oxygens (including phenoxy) is 1. The lowest BCUT2D eigenvalue weighted by atomic mass is 9.76. The lowest BCUT2D eigenvalue weighted by Gasteiger charge is -2.32. The maximum Gasteiger partial charge on any atom is 0.175 e. The van der Waals surface area contributed by atoms with Crippen LogP contribution >= 0.6 is 24.8 Å². The number of hydrogen-bond acceptors (Lipinski definition) is 7. The Hall–Kier alpha value is -1.71. The zero-order chi connectivity index (χ0) is 23.8. The smallest absolute Gasteiger partial charge is 0.175 e. The topological polar surface area (TPSA) is 122 Å². The van der Waals surface area contributed by atoms with Crippen LogP contribution in [0.1, 0.15) is 55.6 Å². The summed E-state index contributed by atoms with van der Waals surface area (Å²) in [4.78, 5) is 0.292. The molecule has 1 aliphatic rings. The predicted molar refractivity (Wildman–Crippen MR) is 144 cm³/mol. The van der Waals surface area contributed by atoms with Gasteiger partial charge in [-0.2, -0.15) is 0 Å². The van der Waals surface area contributed by atoms with Gasteiger partial charge in [0.15, 0.2) is 21.3 Å². The normalized spacial score (nSPS) is 17.1. The molecule has 7 nitrogen and oxygen atoms in total. The molecule has 0 bridgehead atoms. The third kappa shape index (κ3) is 9.03. The molecule has 0 radical (unpaired) electrons. The van der Waals surface area contributed by atoms with Crippen LogP contribution in [0.3, 0.4) is 0 Å². The van der Waals surface area contributed by atoms with Crippen molar-refractivity contribution in [1.82, 2.24) is 5.32 Å². The van der Waals surface area contributed by atoms with Crippen molar-refractivity contribution in [1.29, 1.82) is 0 Å². The van der Waals surface area contributed by atoms with Crippen LogP contribution in [-0.2, 0) is 16.3 Å². The van der Waals surface area contributed by atoms with E-state index in [0.717, 1.165) is 62.7 Å². The summed E-state index contributed by atoms with van der Waals surface area (Å²) in [5.41, 5.74) is 8.32. The highest BCUT2D eigenvalue weighted by Crippen LogP contribution is 2.42. The molecule has 0 saturated heterocycles. The Labute approximate surface area is 221 Å². The average molecular weight is 550 g/mol. The minimum absolute atomic E-state index is 0. The number of rotatable bonds is 12. The molecule has 0 spiro atoms. The summed E-state index contributed by atoms with van der Waals surface area (Å²) in [5, 5.41) is 23.3. The lowest BCUT2D eigenvalue weighted by molar-refractivity contribution is 0.313. The number of fused-ring (bicyclic) bond motifs is 1. The molecule has 10 heteroatoms. The van der Waals surface area contributed by atoms with Crippen molar-refractivity contribution in [3.63, 3.8) is 0 Å². The van der Waals surface area contributed by atoms with Gasteiger partial charge >= 0.3 is 0 Å². The number of phenols is 2. The van der Waals surface area contributed by atoms with Crippen LogP contribution in [0.5, 0.6) is 17.2 Å². The van der Waals surface area contributed by atoms with Crippen LogP contribution in [-0.4, -0.2) is 50.6 Å². The Morgan fingerprint density at radius 2 is 1.69 bits per heavy atom. The van der Waals surface area contributed by atoms with Crippen LogP contribution < -0.4 is 15.8 Å². The SMILES string of the molecule is CS(=O)(=O)c1ccc(OCCNCCCCCCC2c3ccc(O)c(O)c3CCC2N)cc1.Cl.Cl. The molecule has 0 aromatic heterocycles. The number of aromatic hydroxyl groups is 2. The number of benzene rings is 2. The van der Waals surface area contributed by atoms with Crippen LogP contribution in [0.25, 0.3) is 0 Å². The quantitative estimate of drug-likeness (QED) is 0.230. The fourth-order valence-corrected chi connectivity index (χ4v) is 5.11. The van der Waals surface area contributed by atoms with E-state index in [1.165, 1.54) is 6.26 Å². The van der Waals surface area contributed by atoms with Crippen LogP contribution in [0, 0.1) is 0 Å². The first-order chi connectivity index (χ1) is 15.8. The minimum Gasteiger partial charge on any atom is -0.504 e. The Morgan fingerprint density at radius 1 is 1.00 bits per heavy atom. The van der Waals surface area contributed by atoms with E-state index < -0.39 is 9.84 Å². The van der Waals surface area contributed by atoms with Crippen molar-refractivity contribution in [3.05, 3.63) is 47.5 Å². The molecule has 0 saturated carbocycles. The third-order valence-corrected chi connectivity index (χ3v) is 7.49. The molecule has 2 aromatic rings. The van der Waals surface area contributed by atoms with E-state index >= 15 is 0 Å². The molecule has 198 valence electrons. The standard InChI is InChI=1S/C25H36N2O5S.2ClH/c1-33(30,31)19-9-7-18(8-10-19)32-17-16-27-15-5-3-2-4-6-21-20-12-14-24(28)25(29)22(20)11-13-23(21)26;;/h7-10,12,14,21,23,27-29H,2-6,11,13,15-17,26H2,1H3;2*1H. The second kappa shape index (κ2) is 14.8. The summed E-state index contributed by atoms with van der Waals surface area (Å²) in [6.45, 7) is 2.19. The van der Waals surface area contributed by atoms with E-state index in [-0.39, 0.29) is 48.3 Å². The maximum absolute atomic E-state index is 11.5. The molecule has 2 unspecified atom stereocenters. The molecule has 0 fully saturated rings. The fraction of sp³-hybridized carbons (Fsp3) is 0.520. The second-order valence-electron chi connectivity index (χ2n) is 8.86. The highest BCUT2D eigenvalue weighted by atomic mass is 35.5. The van der Waals surface area contributed by atoms with Gasteiger partial charge in [0.2, 0.25) is 0 Å². The summed E-state index contributed by atoms with van der Waals surface area (Å²) in [5.74, 6) is 0.869. The van der Waals surface area contributed by atoms with Gasteiger partial charge in [0.05, 0.1) is 4.90 Å². The van der Waals surface area contributed by atoms with Crippen LogP contribution in [0.15, 0.2) is 41.3 Å². The number of hydrogen-bond donors (Lipinski definition) is 4. The monoisotopic (exact) mass is 548 g/mol. The van der Waals surface area contributed by atoms with Gasteiger partial charge in [-0.3, -0.25) is 0 Å². The molecule has 0 aliphatic heterocycles. The zero-order valence-electron chi connectivity index (χ0n) is 20.1. The number of sulfone groups is 1. The predicted octanol–water partition coefficient (Wildman–Crippen LogP) is 4.32. The summed E-state index contributed by atoms with van der Waals surface area (Å²) in [6.07, 6.45) is 8.19. The Bertz CT molecular complexity index is 1020. The number of phenolic OH excluding ortho intramolecular Hbond substituents is 2. The maximum atomic E-state index is 11.5. The van der Waals surface area contributed by atoms with Gasteiger partial charge in [-0.05, 0) is 74.0 Å². The Morgan fingerprint density at radius 3 is 2.37 bits per heavy atom. The highest BCUT2D eigenvalue weighted by molar-refractivity contribution is 7.90. The first-order valence-electron chi connectivity index (χ1n) is 11.7. The van der Waals surface area contributed by atoms with Gasteiger partial charge < -0.3 is 26.0 Å². The molecule has 5 N–H and O–H groups in total.